The summed E-state index contributed by atoms with van der Waals surface area (Å²) in [4.78, 5) is 27.9. The van der Waals surface area contributed by atoms with Crippen molar-refractivity contribution >= 4 is 17.5 Å². The van der Waals surface area contributed by atoms with Crippen molar-refractivity contribution in [2.24, 2.45) is 0 Å². The van der Waals surface area contributed by atoms with Crippen LogP contribution in [0.5, 0.6) is 0 Å². The molecule has 0 fully saturated rings. The first-order valence-corrected chi connectivity index (χ1v) is 9.82. The van der Waals surface area contributed by atoms with E-state index in [4.69, 9.17) is 0 Å². The highest BCUT2D eigenvalue weighted by molar-refractivity contribution is 5.98. The molecule has 0 saturated carbocycles. The molecule has 0 radical (unpaired) electrons. The van der Waals surface area contributed by atoms with Crippen LogP contribution in [0.1, 0.15) is 26.3 Å². The summed E-state index contributed by atoms with van der Waals surface area (Å²) in [5, 5.41) is 15.0. The first-order chi connectivity index (χ1) is 14.6. The molecule has 3 aromatic rings. The van der Waals surface area contributed by atoms with Crippen LogP contribution in [-0.4, -0.2) is 44.1 Å². The van der Waals surface area contributed by atoms with Gasteiger partial charge in [0.05, 0.1) is 0 Å². The third-order valence-electron chi connectivity index (χ3n) is 4.29. The monoisotopic (exact) mass is 424 g/mol. The molecule has 3 rings (SSSR count). The molecule has 0 spiro atoms. The second kappa shape index (κ2) is 9.03. The zero-order valence-corrected chi connectivity index (χ0v) is 18.0. The van der Waals surface area contributed by atoms with Gasteiger partial charge in [0.2, 0.25) is 11.7 Å². The van der Waals surface area contributed by atoms with Gasteiger partial charge in [-0.05, 0) is 57.2 Å². The van der Waals surface area contributed by atoms with Gasteiger partial charge in [0.25, 0.3) is 5.91 Å². The summed E-state index contributed by atoms with van der Waals surface area (Å²) in [5.74, 6) is -0.803. The maximum Gasteiger partial charge on any atom is 0.251 e. The minimum Gasteiger partial charge on any atom is -0.350 e. The molecule has 0 atom stereocenters. The zero-order chi connectivity index (χ0) is 22.6. The number of rotatable bonds is 6. The summed E-state index contributed by atoms with van der Waals surface area (Å²) < 4.78 is 13.4. The number of hydrogen-bond acceptors (Lipinski definition) is 5. The maximum absolute atomic E-state index is 13.4. The molecule has 1 heterocycles. The molecule has 0 aliphatic rings. The fourth-order valence-corrected chi connectivity index (χ4v) is 2.88. The Bertz CT molecular complexity index is 1050. The molecular weight excluding hydrogens is 399 g/mol. The lowest BCUT2D eigenvalue weighted by Crippen LogP contribution is -2.48. The first kappa shape index (κ1) is 22.1. The highest BCUT2D eigenvalue weighted by Gasteiger charge is 2.23. The lowest BCUT2D eigenvalue weighted by Gasteiger charge is -2.26. The fourth-order valence-electron chi connectivity index (χ4n) is 2.88. The van der Waals surface area contributed by atoms with E-state index in [1.165, 1.54) is 34.0 Å². The third kappa shape index (κ3) is 6.18. The molecule has 0 aliphatic carbocycles. The number of nitrogens with one attached hydrogen (secondary N) is 1. The predicted octanol–water partition coefficient (Wildman–Crippen LogP) is 2.74. The third-order valence-corrected chi connectivity index (χ3v) is 4.29. The molecule has 8 nitrogen and oxygen atoms in total. The van der Waals surface area contributed by atoms with Crippen molar-refractivity contribution < 1.29 is 14.0 Å². The number of benzene rings is 2. The Hall–Kier alpha value is -3.62. The summed E-state index contributed by atoms with van der Waals surface area (Å²) in [5.41, 5.74) is 1.83. The van der Waals surface area contributed by atoms with Crippen molar-refractivity contribution in [1.82, 2.24) is 25.5 Å². The van der Waals surface area contributed by atoms with Gasteiger partial charge in [-0.15, -0.1) is 10.2 Å². The number of aromatic nitrogens is 4. The molecule has 0 aliphatic heterocycles. The highest BCUT2D eigenvalue weighted by atomic mass is 19.1. The molecule has 162 valence electrons. The second-order valence-corrected chi connectivity index (χ2v) is 8.26. The number of aryl methyl sites for hydroxylation is 1. The molecule has 9 heteroatoms. The van der Waals surface area contributed by atoms with Gasteiger partial charge >= 0.3 is 0 Å². The van der Waals surface area contributed by atoms with E-state index in [1.807, 2.05) is 52.0 Å². The Labute approximate surface area is 180 Å². The molecule has 1 N–H and O–H groups in total. The summed E-state index contributed by atoms with van der Waals surface area (Å²) in [7, 11) is 0. The van der Waals surface area contributed by atoms with Crippen LogP contribution in [-0.2, 0) is 16.1 Å². The zero-order valence-electron chi connectivity index (χ0n) is 18.0. The van der Waals surface area contributed by atoms with Gasteiger partial charge in [0, 0.05) is 16.8 Å². The van der Waals surface area contributed by atoms with Gasteiger partial charge in [-0.1, -0.05) is 29.8 Å². The largest absolute Gasteiger partial charge is 0.350 e. The Morgan fingerprint density at radius 1 is 1.06 bits per heavy atom. The minimum absolute atomic E-state index is 0.221. The van der Waals surface area contributed by atoms with E-state index >= 15 is 0 Å². The Morgan fingerprint density at radius 2 is 1.71 bits per heavy atom. The van der Waals surface area contributed by atoms with E-state index in [-0.39, 0.29) is 19.0 Å². The van der Waals surface area contributed by atoms with Gasteiger partial charge in [-0.3, -0.25) is 9.59 Å². The lowest BCUT2D eigenvalue weighted by atomic mass is 10.1. The average molecular weight is 424 g/mol. The van der Waals surface area contributed by atoms with E-state index in [2.05, 4.69) is 20.7 Å². The molecule has 2 amide bonds. The van der Waals surface area contributed by atoms with E-state index in [1.54, 1.807) is 0 Å². The molecule has 2 aromatic carbocycles. The molecule has 0 unspecified atom stereocenters. The van der Waals surface area contributed by atoms with Crippen molar-refractivity contribution in [3.05, 3.63) is 59.9 Å². The standard InChI is InChI=1S/C22H25FN6O2/c1-15-5-7-16(8-6-15)21-25-27-29(26-21)14-20(31)28(13-19(30)24-22(2,3)4)18-11-9-17(23)10-12-18/h5-12H,13-14H2,1-4H3,(H,24,30). The molecular formula is C22H25FN6O2. The van der Waals surface area contributed by atoms with E-state index < -0.39 is 17.3 Å². The first-order valence-electron chi connectivity index (χ1n) is 9.82. The van der Waals surface area contributed by atoms with Crippen molar-refractivity contribution in [3.63, 3.8) is 0 Å². The second-order valence-electron chi connectivity index (χ2n) is 8.26. The van der Waals surface area contributed by atoms with Gasteiger partial charge in [-0.25, -0.2) is 4.39 Å². The lowest BCUT2D eigenvalue weighted by molar-refractivity contribution is -0.125. The van der Waals surface area contributed by atoms with Gasteiger partial charge in [-0.2, -0.15) is 4.80 Å². The van der Waals surface area contributed by atoms with E-state index in [0.29, 0.717) is 11.5 Å². The van der Waals surface area contributed by atoms with Gasteiger partial charge in [0.15, 0.2) is 0 Å². The highest BCUT2D eigenvalue weighted by Crippen LogP contribution is 2.17. The Balaban J connectivity index is 1.78. The van der Waals surface area contributed by atoms with Gasteiger partial charge in [0.1, 0.15) is 18.9 Å². The Morgan fingerprint density at radius 3 is 2.32 bits per heavy atom. The molecule has 1 aromatic heterocycles. The summed E-state index contributed by atoms with van der Waals surface area (Å²) in [6.45, 7) is 7.08. The van der Waals surface area contributed by atoms with Crippen LogP contribution in [0.25, 0.3) is 11.4 Å². The van der Waals surface area contributed by atoms with Crippen molar-refractivity contribution in [2.75, 3.05) is 11.4 Å². The average Bonchev–Trinajstić information content (AvgIpc) is 3.14. The predicted molar refractivity (Wildman–Crippen MR) is 115 cm³/mol. The number of nitrogens with zero attached hydrogens (tertiary/aromatic N) is 5. The van der Waals surface area contributed by atoms with Crippen molar-refractivity contribution in [2.45, 2.75) is 39.8 Å². The normalized spacial score (nSPS) is 11.3. The summed E-state index contributed by atoms with van der Waals surface area (Å²) >= 11 is 0. The van der Waals surface area contributed by atoms with Gasteiger partial charge < -0.3 is 10.2 Å². The number of carbonyl (C=O) groups excluding carboxylic acids is 2. The van der Waals surface area contributed by atoms with Crippen LogP contribution in [0.15, 0.2) is 48.5 Å². The Kier molecular flexibility index (Phi) is 6.43. The summed E-state index contributed by atoms with van der Waals surface area (Å²) in [6, 6.07) is 13.0. The van der Waals surface area contributed by atoms with Crippen LogP contribution in [0.4, 0.5) is 10.1 Å². The van der Waals surface area contributed by atoms with Crippen LogP contribution >= 0.6 is 0 Å². The number of carbonyl (C=O) groups is 2. The van der Waals surface area contributed by atoms with Crippen LogP contribution in [0, 0.1) is 12.7 Å². The van der Waals surface area contributed by atoms with Crippen molar-refractivity contribution in [1.29, 1.82) is 0 Å². The van der Waals surface area contributed by atoms with E-state index in [0.717, 1.165) is 11.1 Å². The smallest absolute Gasteiger partial charge is 0.251 e. The quantitative estimate of drug-likeness (QED) is 0.657. The minimum atomic E-state index is -0.453. The fraction of sp³-hybridized carbons (Fsp3) is 0.318. The number of tetrazole rings is 1. The topological polar surface area (TPSA) is 93.0 Å². The van der Waals surface area contributed by atoms with Crippen LogP contribution < -0.4 is 10.2 Å². The SMILES string of the molecule is Cc1ccc(-c2nnn(CC(=O)N(CC(=O)NC(C)(C)C)c3ccc(F)cc3)n2)cc1. The number of halogens is 1. The summed E-state index contributed by atoms with van der Waals surface area (Å²) in [6.07, 6.45) is 0. The maximum atomic E-state index is 13.4. The van der Waals surface area contributed by atoms with Crippen molar-refractivity contribution in [3.8, 4) is 11.4 Å². The molecule has 31 heavy (non-hydrogen) atoms. The molecule has 0 bridgehead atoms. The van der Waals surface area contributed by atoms with Crippen LogP contribution in [0.3, 0.4) is 0 Å². The number of amides is 2. The number of hydrogen-bond donors (Lipinski definition) is 1. The van der Waals surface area contributed by atoms with Crippen LogP contribution in [0.2, 0.25) is 0 Å². The molecule has 0 saturated heterocycles. The van der Waals surface area contributed by atoms with E-state index in [9.17, 15) is 14.0 Å². The number of anilines is 1.